The van der Waals surface area contributed by atoms with Crippen molar-refractivity contribution in [3.8, 4) is 33.5 Å². The number of rotatable bonds is 10. The number of aryl methyl sites for hydroxylation is 2. The van der Waals surface area contributed by atoms with E-state index in [1.165, 1.54) is 6.08 Å². The maximum Gasteiger partial charge on any atom is 0.162 e. The van der Waals surface area contributed by atoms with Crippen molar-refractivity contribution in [1.29, 1.82) is 0 Å². The molecule has 0 unspecified atom stereocenters. The van der Waals surface area contributed by atoms with Crippen molar-refractivity contribution in [2.75, 3.05) is 0 Å². The van der Waals surface area contributed by atoms with E-state index in [-0.39, 0.29) is 49.3 Å². The van der Waals surface area contributed by atoms with Crippen molar-refractivity contribution < 1.29 is 34.4 Å². The predicted molar refractivity (Wildman–Crippen MR) is 208 cm³/mol. The van der Waals surface area contributed by atoms with E-state index in [4.69, 9.17) is 4.98 Å². The molecule has 0 saturated heterocycles. The van der Waals surface area contributed by atoms with Crippen LogP contribution in [0.5, 0.6) is 0 Å². The first kappa shape index (κ1) is 39.3. The van der Waals surface area contributed by atoms with E-state index in [1.807, 2.05) is 59.0 Å². The Balaban J connectivity index is 0.000000312. The molecule has 1 radical (unpaired) electrons. The Bertz CT molecular complexity index is 2110. The standard InChI is InChI=1S/C33H23FN.C13H24O2.Ir/c1-21-16-22(2)18-25(17-21)33-32-24(14-15-35-33)19-30(29-13-12-26(34)20-31(29)32)28-11-7-6-10-27(28)23-8-4-3-5-9-23;1-5-10(6-2)12(14)9-13(15)11(7-3)8-4;/h3-17,19-20H,1-2H3;9-11,14H,5-8H2,1-4H3;/q-1;;/b;12-9-;. The normalized spacial score (nSPS) is 11.4. The van der Waals surface area contributed by atoms with E-state index in [9.17, 15) is 14.3 Å². The first-order valence-corrected chi connectivity index (χ1v) is 17.8. The summed E-state index contributed by atoms with van der Waals surface area (Å²) in [5.41, 5.74) is 8.46. The number of halogens is 1. The van der Waals surface area contributed by atoms with E-state index in [1.54, 1.807) is 12.1 Å². The van der Waals surface area contributed by atoms with Gasteiger partial charge in [0.15, 0.2) is 5.78 Å². The number of carbonyl (C=O) groups is 1. The largest absolute Gasteiger partial charge is 0.512 e. The van der Waals surface area contributed by atoms with E-state index in [2.05, 4.69) is 79.7 Å². The summed E-state index contributed by atoms with van der Waals surface area (Å²) in [5, 5.41) is 13.6. The molecule has 6 rings (SSSR count). The molecular weight excluding hydrogens is 810 g/mol. The number of aliphatic hydroxyl groups is 1. The molecule has 0 bridgehead atoms. The number of nitrogens with zero attached hydrogens (tertiary/aromatic N) is 1. The Morgan fingerprint density at radius 2 is 1.41 bits per heavy atom. The third-order valence-corrected chi connectivity index (χ3v) is 9.61. The molecule has 5 aromatic carbocycles. The predicted octanol–water partition coefficient (Wildman–Crippen LogP) is 12.8. The zero-order valence-electron chi connectivity index (χ0n) is 30.4. The third kappa shape index (κ3) is 9.08. The average molecular weight is 857 g/mol. The van der Waals surface area contributed by atoms with Crippen LogP contribution in [0.4, 0.5) is 4.39 Å². The summed E-state index contributed by atoms with van der Waals surface area (Å²) in [7, 11) is 0. The maximum absolute atomic E-state index is 14.7. The van der Waals surface area contributed by atoms with Gasteiger partial charge in [0.05, 0.1) is 5.76 Å². The van der Waals surface area contributed by atoms with Crippen molar-refractivity contribution in [3.05, 3.63) is 138 Å². The van der Waals surface area contributed by atoms with Gasteiger partial charge in [0.25, 0.3) is 0 Å². The van der Waals surface area contributed by atoms with E-state index >= 15 is 0 Å². The Labute approximate surface area is 316 Å². The van der Waals surface area contributed by atoms with Gasteiger partial charge in [0.2, 0.25) is 0 Å². The number of hydrogen-bond donors (Lipinski definition) is 1. The molecule has 51 heavy (non-hydrogen) atoms. The van der Waals surface area contributed by atoms with Crippen molar-refractivity contribution in [1.82, 2.24) is 4.98 Å². The van der Waals surface area contributed by atoms with Gasteiger partial charge in [-0.25, -0.2) is 4.39 Å². The van der Waals surface area contributed by atoms with Crippen LogP contribution >= 0.6 is 0 Å². The fraction of sp³-hybridized carbons (Fsp3) is 0.261. The SMILES string of the molecule is CCC(CC)C(=O)/C=C(\O)C(CC)CC.Cc1[c-]c(-c2nccc3cc(-c4ccccc4-c4ccccc4)c4ccc(F)cc4c23)cc(C)c1.[Ir]. The number of aromatic nitrogens is 1. The first-order chi connectivity index (χ1) is 24.2. The van der Waals surface area contributed by atoms with Crippen LogP contribution in [0.1, 0.15) is 64.5 Å². The summed E-state index contributed by atoms with van der Waals surface area (Å²) in [5.74, 6) is 0.289. The van der Waals surface area contributed by atoms with Crippen LogP contribution < -0.4 is 0 Å². The molecule has 0 atom stereocenters. The molecule has 3 nitrogen and oxygen atoms in total. The number of aliphatic hydroxyl groups excluding tert-OH is 1. The smallest absolute Gasteiger partial charge is 0.162 e. The van der Waals surface area contributed by atoms with Crippen LogP contribution in [0.2, 0.25) is 0 Å². The number of hydrogen-bond acceptors (Lipinski definition) is 3. The van der Waals surface area contributed by atoms with Crippen LogP contribution in [0.25, 0.3) is 55.1 Å². The maximum atomic E-state index is 14.7. The summed E-state index contributed by atoms with van der Waals surface area (Å²) in [6.45, 7) is 12.2. The molecule has 0 spiro atoms. The van der Waals surface area contributed by atoms with Crippen LogP contribution in [0.15, 0.2) is 115 Å². The molecule has 5 heteroatoms. The van der Waals surface area contributed by atoms with Gasteiger partial charge in [-0.1, -0.05) is 102 Å². The fourth-order valence-corrected chi connectivity index (χ4v) is 6.89. The fourth-order valence-electron chi connectivity index (χ4n) is 6.89. The van der Waals surface area contributed by atoms with Crippen LogP contribution in [-0.4, -0.2) is 15.9 Å². The molecule has 0 aliphatic heterocycles. The first-order valence-electron chi connectivity index (χ1n) is 17.8. The number of carbonyl (C=O) groups excluding carboxylic acids is 1. The summed E-state index contributed by atoms with van der Waals surface area (Å²) in [6.07, 6.45) is 6.74. The molecule has 6 aromatic rings. The van der Waals surface area contributed by atoms with Crippen LogP contribution in [0, 0.1) is 37.6 Å². The van der Waals surface area contributed by atoms with E-state index in [0.717, 1.165) is 91.9 Å². The monoisotopic (exact) mass is 857 g/mol. The number of pyridine rings is 1. The summed E-state index contributed by atoms with van der Waals surface area (Å²) >= 11 is 0. The minimum atomic E-state index is -0.258. The topological polar surface area (TPSA) is 50.2 Å². The number of fused-ring (bicyclic) bond motifs is 3. The quantitative estimate of drug-likeness (QED) is 0.0646. The average Bonchev–Trinajstić information content (AvgIpc) is 3.12. The van der Waals surface area contributed by atoms with E-state index in [0.29, 0.717) is 0 Å². The minimum Gasteiger partial charge on any atom is -0.512 e. The van der Waals surface area contributed by atoms with Gasteiger partial charge in [-0.05, 0) is 99.4 Å². The number of benzene rings is 5. The summed E-state index contributed by atoms with van der Waals surface area (Å²) in [4.78, 5) is 16.5. The number of allylic oxidation sites excluding steroid dienone is 2. The third-order valence-electron chi connectivity index (χ3n) is 9.61. The molecule has 0 fully saturated rings. The van der Waals surface area contributed by atoms with Crippen molar-refractivity contribution in [2.24, 2.45) is 11.8 Å². The molecule has 1 N–H and O–H groups in total. The van der Waals surface area contributed by atoms with Gasteiger partial charge in [0, 0.05) is 44.2 Å². The van der Waals surface area contributed by atoms with Gasteiger partial charge in [-0.3, -0.25) is 4.79 Å². The van der Waals surface area contributed by atoms with Gasteiger partial charge in [-0.15, -0.1) is 34.9 Å². The van der Waals surface area contributed by atoms with Crippen molar-refractivity contribution >= 4 is 27.3 Å². The zero-order chi connectivity index (χ0) is 35.8. The minimum absolute atomic E-state index is 0. The van der Waals surface area contributed by atoms with Gasteiger partial charge in [0.1, 0.15) is 5.82 Å². The Morgan fingerprint density at radius 1 is 0.765 bits per heavy atom. The van der Waals surface area contributed by atoms with Gasteiger partial charge >= 0.3 is 0 Å². The molecule has 0 saturated carbocycles. The van der Waals surface area contributed by atoms with Crippen LogP contribution in [0.3, 0.4) is 0 Å². The molecule has 0 aliphatic rings. The second-order valence-corrected chi connectivity index (χ2v) is 13.0. The molecule has 1 aromatic heterocycles. The molecule has 0 aliphatic carbocycles. The second kappa shape index (κ2) is 18.2. The summed E-state index contributed by atoms with van der Waals surface area (Å²) < 4.78 is 14.7. The Hall–Kier alpha value is -4.44. The molecule has 0 amide bonds. The molecule has 1 heterocycles. The van der Waals surface area contributed by atoms with Gasteiger partial charge in [-0.2, -0.15) is 0 Å². The van der Waals surface area contributed by atoms with Gasteiger partial charge < -0.3 is 10.1 Å². The Morgan fingerprint density at radius 3 is 2.06 bits per heavy atom. The summed E-state index contributed by atoms with van der Waals surface area (Å²) in [6, 6.07) is 35.8. The van der Waals surface area contributed by atoms with E-state index < -0.39 is 0 Å². The second-order valence-electron chi connectivity index (χ2n) is 13.0. The van der Waals surface area contributed by atoms with Crippen molar-refractivity contribution in [3.63, 3.8) is 0 Å². The number of ketones is 1. The molecule has 265 valence electrons. The molecular formula is C46H47FIrNO2-. The van der Waals surface area contributed by atoms with Crippen molar-refractivity contribution in [2.45, 2.75) is 67.2 Å². The Kier molecular flexibility index (Phi) is 14.0. The van der Waals surface area contributed by atoms with Crippen LogP contribution in [-0.2, 0) is 24.9 Å². The zero-order valence-corrected chi connectivity index (χ0v) is 32.8.